The van der Waals surface area contributed by atoms with Crippen molar-refractivity contribution in [3.8, 4) is 0 Å². The van der Waals surface area contributed by atoms with Gasteiger partial charge in [-0.25, -0.2) is 0 Å². The average Bonchev–Trinajstić information content (AvgIpc) is 2.70. The monoisotopic (exact) mass is 200 g/mol. The molecule has 1 aliphatic heterocycles. The van der Waals surface area contributed by atoms with Crippen LogP contribution in [0.3, 0.4) is 0 Å². The van der Waals surface area contributed by atoms with Crippen molar-refractivity contribution in [1.29, 1.82) is 0 Å². The molecule has 0 aromatic heterocycles. The predicted molar refractivity (Wildman–Crippen MR) is 55.1 cm³/mol. The van der Waals surface area contributed by atoms with Crippen LogP contribution in [0, 0.1) is 0 Å². The first kappa shape index (κ1) is 11.5. The van der Waals surface area contributed by atoms with Crippen LogP contribution in [0.1, 0.15) is 26.2 Å². The molecule has 0 radical (unpaired) electrons. The molecule has 4 heteroatoms. The third-order valence-corrected chi connectivity index (χ3v) is 2.25. The van der Waals surface area contributed by atoms with Crippen LogP contribution in [0.25, 0.3) is 0 Å². The molecule has 1 fully saturated rings. The molecular formula is C10H20N2O2. The van der Waals surface area contributed by atoms with Crippen LogP contribution in [0.2, 0.25) is 0 Å². The SMILES string of the molecule is CCCNCCNC(=O)C1CCCO1. The molecule has 1 aliphatic rings. The highest BCUT2D eigenvalue weighted by Crippen LogP contribution is 2.11. The van der Waals surface area contributed by atoms with E-state index in [2.05, 4.69) is 17.6 Å². The van der Waals surface area contributed by atoms with Gasteiger partial charge in [-0.15, -0.1) is 0 Å². The van der Waals surface area contributed by atoms with Crippen molar-refractivity contribution in [3.05, 3.63) is 0 Å². The Labute approximate surface area is 85.4 Å². The second-order valence-corrected chi connectivity index (χ2v) is 3.54. The van der Waals surface area contributed by atoms with E-state index in [0.717, 1.165) is 39.0 Å². The van der Waals surface area contributed by atoms with Crippen molar-refractivity contribution in [1.82, 2.24) is 10.6 Å². The number of rotatable bonds is 6. The van der Waals surface area contributed by atoms with Gasteiger partial charge in [-0.2, -0.15) is 0 Å². The van der Waals surface area contributed by atoms with E-state index >= 15 is 0 Å². The van der Waals surface area contributed by atoms with Crippen molar-refractivity contribution < 1.29 is 9.53 Å². The summed E-state index contributed by atoms with van der Waals surface area (Å²) in [4.78, 5) is 11.4. The second-order valence-electron chi connectivity index (χ2n) is 3.54. The molecule has 1 unspecified atom stereocenters. The fraction of sp³-hybridized carbons (Fsp3) is 0.900. The predicted octanol–water partition coefficient (Wildman–Crippen LogP) is 0.281. The van der Waals surface area contributed by atoms with Crippen LogP contribution in [0.4, 0.5) is 0 Å². The van der Waals surface area contributed by atoms with Crippen molar-refractivity contribution in [2.75, 3.05) is 26.2 Å². The summed E-state index contributed by atoms with van der Waals surface area (Å²) in [5, 5.41) is 6.08. The van der Waals surface area contributed by atoms with Gasteiger partial charge in [-0.05, 0) is 25.8 Å². The first-order valence-electron chi connectivity index (χ1n) is 5.44. The number of hydrogen-bond acceptors (Lipinski definition) is 3. The lowest BCUT2D eigenvalue weighted by atomic mass is 10.2. The quantitative estimate of drug-likeness (QED) is 0.606. The summed E-state index contributed by atoms with van der Waals surface area (Å²) in [5.41, 5.74) is 0. The van der Waals surface area contributed by atoms with E-state index < -0.39 is 0 Å². The van der Waals surface area contributed by atoms with Crippen LogP contribution in [-0.2, 0) is 9.53 Å². The molecule has 82 valence electrons. The zero-order chi connectivity index (χ0) is 10.2. The molecule has 0 aromatic carbocycles. The molecule has 0 saturated carbocycles. The molecule has 0 bridgehead atoms. The molecule has 2 N–H and O–H groups in total. The molecule has 1 amide bonds. The summed E-state index contributed by atoms with van der Waals surface area (Å²) >= 11 is 0. The fourth-order valence-corrected chi connectivity index (χ4v) is 1.47. The Morgan fingerprint density at radius 1 is 1.43 bits per heavy atom. The van der Waals surface area contributed by atoms with Gasteiger partial charge in [-0.3, -0.25) is 4.79 Å². The maximum Gasteiger partial charge on any atom is 0.249 e. The Morgan fingerprint density at radius 2 is 2.29 bits per heavy atom. The van der Waals surface area contributed by atoms with Crippen molar-refractivity contribution in [2.45, 2.75) is 32.3 Å². The van der Waals surface area contributed by atoms with E-state index in [0.29, 0.717) is 6.54 Å². The molecular weight excluding hydrogens is 180 g/mol. The molecule has 4 nitrogen and oxygen atoms in total. The van der Waals surface area contributed by atoms with Gasteiger partial charge in [-0.1, -0.05) is 6.92 Å². The zero-order valence-corrected chi connectivity index (χ0v) is 8.84. The van der Waals surface area contributed by atoms with Crippen LogP contribution in [-0.4, -0.2) is 38.3 Å². The number of ether oxygens (including phenoxy) is 1. The summed E-state index contributed by atoms with van der Waals surface area (Å²) in [6.07, 6.45) is 2.81. The Bertz CT molecular complexity index is 168. The summed E-state index contributed by atoms with van der Waals surface area (Å²) in [6, 6.07) is 0. The second kappa shape index (κ2) is 6.79. The van der Waals surface area contributed by atoms with Gasteiger partial charge in [0.1, 0.15) is 6.10 Å². The summed E-state index contributed by atoms with van der Waals surface area (Å²) in [5.74, 6) is 0.0424. The first-order chi connectivity index (χ1) is 6.84. The zero-order valence-electron chi connectivity index (χ0n) is 8.84. The standard InChI is InChI=1S/C10H20N2O2/c1-2-5-11-6-7-12-10(13)9-4-3-8-14-9/h9,11H,2-8H2,1H3,(H,12,13). The molecule has 0 aromatic rings. The van der Waals surface area contributed by atoms with E-state index in [-0.39, 0.29) is 12.0 Å². The maximum absolute atomic E-state index is 11.4. The van der Waals surface area contributed by atoms with Gasteiger partial charge in [0.25, 0.3) is 0 Å². The van der Waals surface area contributed by atoms with Crippen LogP contribution in [0.15, 0.2) is 0 Å². The van der Waals surface area contributed by atoms with Crippen molar-refractivity contribution >= 4 is 5.91 Å². The Kier molecular flexibility index (Phi) is 5.56. The summed E-state index contributed by atoms with van der Waals surface area (Å²) < 4.78 is 5.26. The van der Waals surface area contributed by atoms with E-state index in [1.807, 2.05) is 0 Å². The molecule has 1 heterocycles. The van der Waals surface area contributed by atoms with E-state index in [1.54, 1.807) is 0 Å². The minimum absolute atomic E-state index is 0.0424. The smallest absolute Gasteiger partial charge is 0.249 e. The Morgan fingerprint density at radius 3 is 2.93 bits per heavy atom. The number of amides is 1. The van der Waals surface area contributed by atoms with Gasteiger partial charge in [0.15, 0.2) is 0 Å². The van der Waals surface area contributed by atoms with Crippen molar-refractivity contribution in [2.24, 2.45) is 0 Å². The van der Waals surface area contributed by atoms with Crippen LogP contribution < -0.4 is 10.6 Å². The lowest BCUT2D eigenvalue weighted by Crippen LogP contribution is -2.38. The van der Waals surface area contributed by atoms with Gasteiger partial charge in [0, 0.05) is 19.7 Å². The highest BCUT2D eigenvalue weighted by atomic mass is 16.5. The summed E-state index contributed by atoms with van der Waals surface area (Å²) in [7, 11) is 0. The maximum atomic E-state index is 11.4. The van der Waals surface area contributed by atoms with Crippen molar-refractivity contribution in [3.63, 3.8) is 0 Å². The normalized spacial score (nSPS) is 21.1. The number of carbonyl (C=O) groups excluding carboxylic acids is 1. The molecule has 14 heavy (non-hydrogen) atoms. The van der Waals surface area contributed by atoms with Crippen LogP contribution >= 0.6 is 0 Å². The molecule has 1 saturated heterocycles. The molecule has 0 aliphatic carbocycles. The van der Waals surface area contributed by atoms with Crippen LogP contribution in [0.5, 0.6) is 0 Å². The molecule has 1 atom stereocenters. The van der Waals surface area contributed by atoms with E-state index in [1.165, 1.54) is 0 Å². The third-order valence-electron chi connectivity index (χ3n) is 2.25. The van der Waals surface area contributed by atoms with Gasteiger partial charge in [0.2, 0.25) is 5.91 Å². The van der Waals surface area contributed by atoms with Gasteiger partial charge >= 0.3 is 0 Å². The Hall–Kier alpha value is -0.610. The van der Waals surface area contributed by atoms with Gasteiger partial charge < -0.3 is 15.4 Å². The molecule has 1 rings (SSSR count). The fourth-order valence-electron chi connectivity index (χ4n) is 1.47. The minimum Gasteiger partial charge on any atom is -0.368 e. The topological polar surface area (TPSA) is 50.4 Å². The lowest BCUT2D eigenvalue weighted by molar-refractivity contribution is -0.129. The minimum atomic E-state index is -0.193. The number of nitrogens with one attached hydrogen (secondary N) is 2. The first-order valence-corrected chi connectivity index (χ1v) is 5.44. The Balaban J connectivity index is 1.97. The van der Waals surface area contributed by atoms with Gasteiger partial charge in [0.05, 0.1) is 0 Å². The molecule has 0 spiro atoms. The highest BCUT2D eigenvalue weighted by molar-refractivity contribution is 5.80. The number of carbonyl (C=O) groups is 1. The van der Waals surface area contributed by atoms with E-state index in [9.17, 15) is 4.79 Å². The third kappa shape index (κ3) is 4.07. The van der Waals surface area contributed by atoms with E-state index in [4.69, 9.17) is 4.74 Å². The summed E-state index contributed by atoms with van der Waals surface area (Å²) in [6.45, 7) is 5.39. The highest BCUT2D eigenvalue weighted by Gasteiger charge is 2.22. The largest absolute Gasteiger partial charge is 0.368 e. The lowest BCUT2D eigenvalue weighted by Gasteiger charge is -2.10. The number of hydrogen-bond donors (Lipinski definition) is 2. The average molecular weight is 200 g/mol.